The topological polar surface area (TPSA) is 46.9 Å². The minimum atomic E-state index is 0.315. The summed E-state index contributed by atoms with van der Waals surface area (Å²) < 4.78 is 13.2. The zero-order valence-corrected chi connectivity index (χ0v) is 17.5. The lowest BCUT2D eigenvalue weighted by Gasteiger charge is -2.36. The van der Waals surface area contributed by atoms with Gasteiger partial charge in [0.05, 0.1) is 19.9 Å². The summed E-state index contributed by atoms with van der Waals surface area (Å²) in [6, 6.07) is 8.04. The van der Waals surface area contributed by atoms with Gasteiger partial charge >= 0.3 is 0 Å². The lowest BCUT2D eigenvalue weighted by Crippen LogP contribution is -2.46. The van der Waals surface area contributed by atoms with Crippen LogP contribution in [0.3, 0.4) is 0 Å². The number of aryl methyl sites for hydroxylation is 1. The number of rotatable bonds is 7. The van der Waals surface area contributed by atoms with Crippen LogP contribution in [0.5, 0.6) is 11.5 Å². The summed E-state index contributed by atoms with van der Waals surface area (Å²) in [4.78, 5) is 16.9. The van der Waals surface area contributed by atoms with Gasteiger partial charge in [-0.2, -0.15) is 0 Å². The average molecular weight is 398 g/mol. The molecule has 1 aliphatic carbocycles. The van der Waals surface area contributed by atoms with Gasteiger partial charge in [0.2, 0.25) is 0 Å². The predicted octanol–water partition coefficient (Wildman–Crippen LogP) is 3.24. The molecule has 1 aromatic heterocycles. The van der Waals surface area contributed by atoms with Crippen LogP contribution in [-0.4, -0.2) is 62.2 Å². The molecule has 6 heteroatoms. The van der Waals surface area contributed by atoms with Crippen LogP contribution in [0.4, 0.5) is 5.69 Å². The molecule has 1 saturated heterocycles. The van der Waals surface area contributed by atoms with Crippen molar-refractivity contribution in [3.05, 3.63) is 41.7 Å². The molecule has 0 amide bonds. The zero-order valence-electron chi connectivity index (χ0n) is 17.5. The van der Waals surface area contributed by atoms with Gasteiger partial charge in [0.1, 0.15) is 11.5 Å². The van der Waals surface area contributed by atoms with Gasteiger partial charge in [-0.3, -0.25) is 9.69 Å². The van der Waals surface area contributed by atoms with E-state index in [-0.39, 0.29) is 0 Å². The first-order valence-electron chi connectivity index (χ1n) is 10.6. The summed E-state index contributed by atoms with van der Waals surface area (Å²) >= 11 is 0. The first-order valence-corrected chi connectivity index (χ1v) is 10.6. The Kier molecular flexibility index (Phi) is 6.09. The van der Waals surface area contributed by atoms with Crippen molar-refractivity contribution in [3.63, 3.8) is 0 Å². The molecule has 0 bridgehead atoms. The van der Waals surface area contributed by atoms with Crippen molar-refractivity contribution in [2.45, 2.75) is 32.2 Å². The maximum atomic E-state index is 12.0. The Labute approximate surface area is 173 Å². The van der Waals surface area contributed by atoms with E-state index in [2.05, 4.69) is 26.6 Å². The average Bonchev–Trinajstić information content (AvgIpc) is 3.18. The molecule has 0 saturated carbocycles. The second-order valence-electron chi connectivity index (χ2n) is 7.87. The number of carbonyl (C=O) groups excluding carboxylic acids is 1. The van der Waals surface area contributed by atoms with Crippen LogP contribution in [0.1, 0.15) is 35.3 Å². The number of Topliss-reactive ketones (excluding diaryl/α,β-unsaturated/α-hetero) is 1. The monoisotopic (exact) mass is 397 g/mol. The van der Waals surface area contributed by atoms with Crippen LogP contribution in [0, 0.1) is 0 Å². The summed E-state index contributed by atoms with van der Waals surface area (Å²) in [6.07, 6.45) is 5.95. The molecule has 2 aliphatic rings. The number of hydrogen-bond donors (Lipinski definition) is 0. The standard InChI is InChI=1S/C23H31N3O3/c1-28-18-7-8-21(23(17-18)29-2)26-15-13-24(14-16-26)10-4-11-25-12-9-19-20(25)5-3-6-22(19)27/h7-9,12,17H,3-6,10-11,13-16H2,1-2H3. The van der Waals surface area contributed by atoms with Gasteiger partial charge in [0.25, 0.3) is 0 Å². The third-order valence-corrected chi connectivity index (χ3v) is 6.17. The van der Waals surface area contributed by atoms with E-state index in [1.54, 1.807) is 14.2 Å². The molecule has 1 fully saturated rings. The fraction of sp³-hybridized carbons (Fsp3) is 0.522. The van der Waals surface area contributed by atoms with Crippen LogP contribution < -0.4 is 14.4 Å². The highest BCUT2D eigenvalue weighted by molar-refractivity contribution is 5.98. The van der Waals surface area contributed by atoms with Crippen molar-refractivity contribution in [2.24, 2.45) is 0 Å². The lowest BCUT2D eigenvalue weighted by atomic mass is 9.97. The van der Waals surface area contributed by atoms with Gasteiger partial charge in [-0.15, -0.1) is 0 Å². The Morgan fingerprint density at radius 3 is 2.55 bits per heavy atom. The SMILES string of the molecule is COc1ccc(N2CCN(CCCn3ccc4c3CCCC4=O)CC2)c(OC)c1. The second kappa shape index (κ2) is 8.91. The molecule has 1 aromatic carbocycles. The third kappa shape index (κ3) is 4.27. The van der Waals surface area contributed by atoms with Crippen LogP contribution in [-0.2, 0) is 13.0 Å². The van der Waals surface area contributed by atoms with E-state index in [9.17, 15) is 4.79 Å². The lowest BCUT2D eigenvalue weighted by molar-refractivity contribution is 0.0971. The van der Waals surface area contributed by atoms with Crippen molar-refractivity contribution >= 4 is 11.5 Å². The Balaban J connectivity index is 1.27. The van der Waals surface area contributed by atoms with Crippen LogP contribution in [0.2, 0.25) is 0 Å². The second-order valence-corrected chi connectivity index (χ2v) is 7.87. The van der Waals surface area contributed by atoms with Gasteiger partial charge in [-0.1, -0.05) is 0 Å². The minimum Gasteiger partial charge on any atom is -0.497 e. The zero-order chi connectivity index (χ0) is 20.2. The number of benzene rings is 1. The highest BCUT2D eigenvalue weighted by Gasteiger charge is 2.22. The molecule has 156 valence electrons. The Morgan fingerprint density at radius 2 is 1.79 bits per heavy atom. The van der Waals surface area contributed by atoms with Crippen molar-refractivity contribution in [2.75, 3.05) is 51.8 Å². The fourth-order valence-corrected chi connectivity index (χ4v) is 4.52. The summed E-state index contributed by atoms with van der Waals surface area (Å²) in [5.41, 5.74) is 3.34. The molecule has 0 N–H and O–H groups in total. The number of fused-ring (bicyclic) bond motifs is 1. The number of carbonyl (C=O) groups is 1. The number of piperazine rings is 1. The van der Waals surface area contributed by atoms with Gasteiger partial charge < -0.3 is 18.9 Å². The van der Waals surface area contributed by atoms with Gasteiger partial charge in [0.15, 0.2) is 5.78 Å². The van der Waals surface area contributed by atoms with Crippen molar-refractivity contribution in [3.8, 4) is 11.5 Å². The number of aromatic nitrogens is 1. The van der Waals surface area contributed by atoms with Crippen LogP contribution in [0.15, 0.2) is 30.5 Å². The molecule has 0 radical (unpaired) electrons. The minimum absolute atomic E-state index is 0.315. The molecule has 0 unspecified atom stereocenters. The van der Waals surface area contributed by atoms with Crippen molar-refractivity contribution in [1.82, 2.24) is 9.47 Å². The molecular weight excluding hydrogens is 366 g/mol. The first kappa shape index (κ1) is 19.8. The van der Waals surface area contributed by atoms with E-state index in [0.29, 0.717) is 12.2 Å². The molecule has 2 heterocycles. The summed E-state index contributed by atoms with van der Waals surface area (Å²) in [6.45, 7) is 6.19. The van der Waals surface area contributed by atoms with E-state index in [1.807, 2.05) is 18.2 Å². The van der Waals surface area contributed by atoms with E-state index in [4.69, 9.17) is 9.47 Å². The smallest absolute Gasteiger partial charge is 0.164 e. The molecule has 6 nitrogen and oxygen atoms in total. The molecule has 1 aliphatic heterocycles. The molecule has 29 heavy (non-hydrogen) atoms. The van der Waals surface area contributed by atoms with E-state index < -0.39 is 0 Å². The van der Waals surface area contributed by atoms with Gasteiger partial charge in [0, 0.05) is 62.7 Å². The van der Waals surface area contributed by atoms with Crippen LogP contribution in [0.25, 0.3) is 0 Å². The normalized spacial score (nSPS) is 17.3. The third-order valence-electron chi connectivity index (χ3n) is 6.17. The van der Waals surface area contributed by atoms with E-state index in [0.717, 1.165) is 81.3 Å². The number of methoxy groups -OCH3 is 2. The van der Waals surface area contributed by atoms with Crippen LogP contribution >= 0.6 is 0 Å². The predicted molar refractivity (Wildman–Crippen MR) is 115 cm³/mol. The quantitative estimate of drug-likeness (QED) is 0.718. The summed E-state index contributed by atoms with van der Waals surface area (Å²) in [5, 5.41) is 0. The van der Waals surface area contributed by atoms with Crippen molar-refractivity contribution in [1.29, 1.82) is 0 Å². The molecule has 4 rings (SSSR count). The fourth-order valence-electron chi connectivity index (χ4n) is 4.52. The van der Waals surface area contributed by atoms with E-state index in [1.165, 1.54) is 5.69 Å². The Morgan fingerprint density at radius 1 is 0.966 bits per heavy atom. The number of ketones is 1. The Hall–Kier alpha value is -2.47. The highest BCUT2D eigenvalue weighted by atomic mass is 16.5. The maximum absolute atomic E-state index is 12.0. The highest BCUT2D eigenvalue weighted by Crippen LogP contribution is 2.32. The number of anilines is 1. The summed E-state index contributed by atoms with van der Waals surface area (Å²) in [7, 11) is 3.39. The van der Waals surface area contributed by atoms with Gasteiger partial charge in [-0.25, -0.2) is 0 Å². The number of hydrogen-bond acceptors (Lipinski definition) is 5. The largest absolute Gasteiger partial charge is 0.497 e. The number of nitrogens with zero attached hydrogens (tertiary/aromatic N) is 3. The Bertz CT molecular complexity index is 853. The van der Waals surface area contributed by atoms with Gasteiger partial charge in [-0.05, 0) is 44.0 Å². The van der Waals surface area contributed by atoms with Crippen molar-refractivity contribution < 1.29 is 14.3 Å². The number of ether oxygens (including phenoxy) is 2. The molecule has 0 atom stereocenters. The summed E-state index contributed by atoms with van der Waals surface area (Å²) in [5.74, 6) is 2.00. The molecule has 2 aromatic rings. The molecule has 0 spiro atoms. The van der Waals surface area contributed by atoms with E-state index >= 15 is 0 Å². The molecular formula is C23H31N3O3. The maximum Gasteiger partial charge on any atom is 0.164 e. The first-order chi connectivity index (χ1) is 14.2.